The van der Waals surface area contributed by atoms with E-state index in [0.717, 1.165) is 24.0 Å². The number of amides is 1. The van der Waals surface area contributed by atoms with E-state index in [2.05, 4.69) is 0 Å². The highest BCUT2D eigenvalue weighted by molar-refractivity contribution is 5.85. The third kappa shape index (κ3) is 2.93. The lowest BCUT2D eigenvalue weighted by Crippen LogP contribution is -2.50. The number of fused-ring (bicyclic) bond motifs is 1. The topological polar surface area (TPSA) is 83.6 Å². The summed E-state index contributed by atoms with van der Waals surface area (Å²) in [6.45, 7) is 0.364. The Morgan fingerprint density at radius 3 is 2.57 bits per heavy atom. The summed E-state index contributed by atoms with van der Waals surface area (Å²) in [7, 11) is 0. The van der Waals surface area contributed by atoms with Crippen LogP contribution in [-0.4, -0.2) is 34.0 Å². The molecule has 112 valence electrons. The summed E-state index contributed by atoms with van der Waals surface area (Å²) in [6, 6.07) is 6.79. The zero-order valence-electron chi connectivity index (χ0n) is 11.9. The summed E-state index contributed by atoms with van der Waals surface area (Å²) in [4.78, 5) is 25.4. The molecule has 2 unspecified atom stereocenters. The van der Waals surface area contributed by atoms with Gasteiger partial charge in [0, 0.05) is 25.4 Å². The molecule has 5 heteroatoms. The van der Waals surface area contributed by atoms with Gasteiger partial charge in [0.05, 0.1) is 0 Å². The summed E-state index contributed by atoms with van der Waals surface area (Å²) in [5.41, 5.74) is 8.05. The normalized spacial score (nSPS) is 22.5. The summed E-state index contributed by atoms with van der Waals surface area (Å²) >= 11 is 0. The fourth-order valence-electron chi connectivity index (χ4n) is 3.02. The highest BCUT2D eigenvalue weighted by Gasteiger charge is 2.37. The second kappa shape index (κ2) is 5.48. The molecule has 21 heavy (non-hydrogen) atoms. The number of hydrogen-bond donors (Lipinski definition) is 2. The predicted octanol–water partition coefficient (Wildman–Crippen LogP) is 1.15. The number of carboxylic acids is 1. The van der Waals surface area contributed by atoms with Crippen LogP contribution in [0.5, 0.6) is 0 Å². The number of carboxylic acid groups (broad SMARTS) is 1. The van der Waals surface area contributed by atoms with Gasteiger partial charge in [0.2, 0.25) is 5.91 Å². The molecule has 0 bridgehead atoms. The molecule has 1 fully saturated rings. The first-order chi connectivity index (χ1) is 10.1. The molecule has 5 nitrogen and oxygen atoms in total. The molecule has 1 aromatic carbocycles. The van der Waals surface area contributed by atoms with Crippen molar-refractivity contribution in [1.82, 2.24) is 4.90 Å². The molecule has 0 radical (unpaired) electrons. The molecule has 0 aromatic heterocycles. The van der Waals surface area contributed by atoms with Gasteiger partial charge in [0.15, 0.2) is 0 Å². The number of carbonyl (C=O) groups is 2. The molecule has 1 heterocycles. The van der Waals surface area contributed by atoms with Crippen LogP contribution >= 0.6 is 0 Å². The van der Waals surface area contributed by atoms with E-state index in [1.807, 2.05) is 24.3 Å². The summed E-state index contributed by atoms with van der Waals surface area (Å²) in [5.74, 6) is -0.650. The van der Waals surface area contributed by atoms with Gasteiger partial charge < -0.3 is 15.7 Å². The van der Waals surface area contributed by atoms with Gasteiger partial charge in [-0.05, 0) is 29.9 Å². The molecule has 0 spiro atoms. The summed E-state index contributed by atoms with van der Waals surface area (Å²) in [5, 5.41) is 9.41. The number of rotatable bonds is 4. The minimum absolute atomic E-state index is 0.135. The van der Waals surface area contributed by atoms with E-state index in [9.17, 15) is 14.7 Å². The zero-order chi connectivity index (χ0) is 15.0. The van der Waals surface area contributed by atoms with E-state index >= 15 is 0 Å². The molecule has 1 aliphatic carbocycles. The molecule has 1 aliphatic heterocycles. The second-order valence-corrected chi connectivity index (χ2v) is 6.05. The lowest BCUT2D eigenvalue weighted by Gasteiger charge is -2.35. The van der Waals surface area contributed by atoms with Gasteiger partial charge in [-0.25, -0.2) is 4.79 Å². The van der Waals surface area contributed by atoms with Crippen molar-refractivity contribution < 1.29 is 14.7 Å². The molecular formula is C16H20N2O3. The maximum Gasteiger partial charge on any atom is 0.326 e. The first kappa shape index (κ1) is 14.1. The van der Waals surface area contributed by atoms with Gasteiger partial charge in [-0.15, -0.1) is 0 Å². The molecule has 3 N–H and O–H groups in total. The Kier molecular flexibility index (Phi) is 3.68. The van der Waals surface area contributed by atoms with E-state index in [-0.39, 0.29) is 18.4 Å². The molecule has 1 amide bonds. The van der Waals surface area contributed by atoms with Gasteiger partial charge >= 0.3 is 5.97 Å². The molecule has 0 saturated heterocycles. The van der Waals surface area contributed by atoms with Crippen LogP contribution in [0, 0.1) is 5.92 Å². The number of benzene rings is 1. The van der Waals surface area contributed by atoms with Crippen molar-refractivity contribution in [2.75, 3.05) is 0 Å². The highest BCUT2D eigenvalue weighted by atomic mass is 16.4. The van der Waals surface area contributed by atoms with Crippen LogP contribution in [-0.2, 0) is 22.6 Å². The highest BCUT2D eigenvalue weighted by Crippen LogP contribution is 2.33. The Labute approximate surface area is 123 Å². The Morgan fingerprint density at radius 2 is 1.95 bits per heavy atom. The number of nitrogens with two attached hydrogens (primary N) is 1. The largest absolute Gasteiger partial charge is 0.480 e. The lowest BCUT2D eigenvalue weighted by molar-refractivity contribution is -0.151. The van der Waals surface area contributed by atoms with Gasteiger partial charge in [-0.3, -0.25) is 4.79 Å². The second-order valence-electron chi connectivity index (χ2n) is 6.05. The maximum absolute atomic E-state index is 12.4. The van der Waals surface area contributed by atoms with Crippen molar-refractivity contribution in [2.24, 2.45) is 11.7 Å². The number of carbonyl (C=O) groups excluding carboxylic acids is 1. The molecule has 1 saturated carbocycles. The third-order valence-electron chi connectivity index (χ3n) is 4.49. The predicted molar refractivity (Wildman–Crippen MR) is 77.4 cm³/mol. The van der Waals surface area contributed by atoms with Crippen LogP contribution in [0.3, 0.4) is 0 Å². The minimum atomic E-state index is -0.946. The van der Waals surface area contributed by atoms with Crippen molar-refractivity contribution in [3.63, 3.8) is 0 Å². The van der Waals surface area contributed by atoms with E-state index in [1.165, 1.54) is 4.90 Å². The molecular weight excluding hydrogens is 268 g/mol. The Hall–Kier alpha value is -1.88. The SMILES string of the molecule is NC(CC(=O)N1Cc2ccccc2CC1C(=O)O)C1CC1. The van der Waals surface area contributed by atoms with Crippen LogP contribution in [0.4, 0.5) is 0 Å². The van der Waals surface area contributed by atoms with Gasteiger partial charge in [0.1, 0.15) is 6.04 Å². The van der Waals surface area contributed by atoms with Crippen LogP contribution in [0.15, 0.2) is 24.3 Å². The number of aliphatic carboxylic acids is 1. The van der Waals surface area contributed by atoms with Crippen molar-refractivity contribution in [2.45, 2.75) is 44.3 Å². The van der Waals surface area contributed by atoms with Crippen molar-refractivity contribution in [3.05, 3.63) is 35.4 Å². The Balaban J connectivity index is 1.78. The van der Waals surface area contributed by atoms with E-state index < -0.39 is 12.0 Å². The molecule has 2 atom stereocenters. The van der Waals surface area contributed by atoms with Crippen molar-refractivity contribution in [3.8, 4) is 0 Å². The fraction of sp³-hybridized carbons (Fsp3) is 0.500. The first-order valence-corrected chi connectivity index (χ1v) is 7.41. The zero-order valence-corrected chi connectivity index (χ0v) is 11.9. The smallest absolute Gasteiger partial charge is 0.326 e. The monoisotopic (exact) mass is 288 g/mol. The number of nitrogens with zero attached hydrogens (tertiary/aromatic N) is 1. The standard InChI is InChI=1S/C16H20N2O3/c17-13(10-5-6-10)8-15(19)18-9-12-4-2-1-3-11(12)7-14(18)16(20)21/h1-4,10,13-14H,5-9,17H2,(H,20,21). The van der Waals surface area contributed by atoms with Crippen LogP contribution in [0.2, 0.25) is 0 Å². The molecule has 3 rings (SSSR count). The van der Waals surface area contributed by atoms with E-state index in [1.54, 1.807) is 0 Å². The number of hydrogen-bond acceptors (Lipinski definition) is 3. The maximum atomic E-state index is 12.4. The van der Waals surface area contributed by atoms with E-state index in [4.69, 9.17) is 5.73 Å². The molecule has 2 aliphatic rings. The first-order valence-electron chi connectivity index (χ1n) is 7.41. The van der Waals surface area contributed by atoms with Crippen molar-refractivity contribution >= 4 is 11.9 Å². The Bertz CT molecular complexity index is 568. The van der Waals surface area contributed by atoms with E-state index in [0.29, 0.717) is 18.9 Å². The minimum Gasteiger partial charge on any atom is -0.480 e. The van der Waals surface area contributed by atoms with Crippen LogP contribution < -0.4 is 5.73 Å². The lowest BCUT2D eigenvalue weighted by atomic mass is 9.93. The average molecular weight is 288 g/mol. The van der Waals surface area contributed by atoms with Gasteiger partial charge in [-0.2, -0.15) is 0 Å². The van der Waals surface area contributed by atoms with Gasteiger partial charge in [0.25, 0.3) is 0 Å². The third-order valence-corrected chi connectivity index (χ3v) is 4.49. The van der Waals surface area contributed by atoms with Gasteiger partial charge in [-0.1, -0.05) is 24.3 Å². The van der Waals surface area contributed by atoms with Crippen molar-refractivity contribution in [1.29, 1.82) is 0 Å². The quantitative estimate of drug-likeness (QED) is 0.870. The van der Waals surface area contributed by atoms with Crippen LogP contribution in [0.25, 0.3) is 0 Å². The Morgan fingerprint density at radius 1 is 1.29 bits per heavy atom. The summed E-state index contributed by atoms with van der Waals surface area (Å²) in [6.07, 6.45) is 2.78. The average Bonchev–Trinajstić information content (AvgIpc) is 3.30. The summed E-state index contributed by atoms with van der Waals surface area (Å²) < 4.78 is 0. The fourth-order valence-corrected chi connectivity index (χ4v) is 3.02. The molecule has 1 aromatic rings. The van der Waals surface area contributed by atoms with Crippen LogP contribution in [0.1, 0.15) is 30.4 Å².